The fraction of sp³-hybridized carbons (Fsp3) is 0.400. The lowest BCUT2D eigenvalue weighted by Gasteiger charge is -2.30. The first kappa shape index (κ1) is 12.1. The third-order valence-electron chi connectivity index (χ3n) is 3.29. The molecular formula is C15H18O2. The number of hydrogen-bond acceptors (Lipinski definition) is 2. The molecule has 2 rings (SSSR count). The van der Waals surface area contributed by atoms with E-state index < -0.39 is 5.60 Å². The van der Waals surface area contributed by atoms with E-state index in [1.807, 2.05) is 39.0 Å². The molecule has 1 aliphatic carbocycles. The van der Waals surface area contributed by atoms with Gasteiger partial charge in [0, 0.05) is 11.1 Å². The molecule has 1 N–H and O–H groups in total. The molecule has 0 unspecified atom stereocenters. The first-order valence-electron chi connectivity index (χ1n) is 5.94. The van der Waals surface area contributed by atoms with Gasteiger partial charge in [0.15, 0.2) is 5.78 Å². The highest BCUT2D eigenvalue weighted by atomic mass is 16.3. The monoisotopic (exact) mass is 230 g/mol. The van der Waals surface area contributed by atoms with Crippen LogP contribution in [0.15, 0.2) is 29.8 Å². The van der Waals surface area contributed by atoms with Crippen LogP contribution in [0, 0.1) is 12.8 Å². The molecule has 0 bridgehead atoms. The molecule has 0 heterocycles. The molecule has 90 valence electrons. The maximum Gasteiger partial charge on any atom is 0.189 e. The number of Topliss-reactive ketones (excluding diaryl/α,β-unsaturated/α-hetero) is 1. The molecule has 1 aromatic rings. The molecule has 0 aliphatic heterocycles. The molecule has 1 aromatic carbocycles. The van der Waals surface area contributed by atoms with Crippen LogP contribution < -0.4 is 0 Å². The molecule has 1 atom stereocenters. The second-order valence-corrected chi connectivity index (χ2v) is 5.28. The van der Waals surface area contributed by atoms with Gasteiger partial charge in [-0.1, -0.05) is 31.5 Å². The largest absolute Gasteiger partial charge is 0.381 e. The molecule has 17 heavy (non-hydrogen) atoms. The summed E-state index contributed by atoms with van der Waals surface area (Å²) < 4.78 is 0. The van der Waals surface area contributed by atoms with Gasteiger partial charge in [-0.25, -0.2) is 0 Å². The van der Waals surface area contributed by atoms with E-state index in [1.165, 1.54) is 0 Å². The van der Waals surface area contributed by atoms with Crippen molar-refractivity contribution < 1.29 is 9.90 Å². The Morgan fingerprint density at radius 3 is 2.53 bits per heavy atom. The maximum absolute atomic E-state index is 12.3. The summed E-state index contributed by atoms with van der Waals surface area (Å²) in [6, 6.07) is 5.63. The van der Waals surface area contributed by atoms with Gasteiger partial charge in [-0.15, -0.1) is 0 Å². The number of carbonyl (C=O) groups is 1. The smallest absolute Gasteiger partial charge is 0.189 e. The van der Waals surface area contributed by atoms with Crippen molar-refractivity contribution in [1.82, 2.24) is 0 Å². The van der Waals surface area contributed by atoms with E-state index in [4.69, 9.17) is 0 Å². The summed E-state index contributed by atoms with van der Waals surface area (Å²) in [5.41, 5.74) is 2.04. The molecule has 2 nitrogen and oxygen atoms in total. The SMILES string of the molecule is Cc1ccc2c(c1)C(=O)C(C(C)C)=C[C@]2(C)O. The minimum Gasteiger partial charge on any atom is -0.381 e. The van der Waals surface area contributed by atoms with Crippen LogP contribution in [0.25, 0.3) is 0 Å². The maximum atomic E-state index is 12.3. The molecule has 0 fully saturated rings. The topological polar surface area (TPSA) is 37.3 Å². The average Bonchev–Trinajstić information content (AvgIpc) is 2.23. The average molecular weight is 230 g/mol. The van der Waals surface area contributed by atoms with E-state index in [0.29, 0.717) is 16.7 Å². The van der Waals surface area contributed by atoms with Crippen LogP contribution in [0.1, 0.15) is 42.3 Å². The number of aryl methyl sites for hydroxylation is 1. The number of fused-ring (bicyclic) bond motifs is 1. The molecule has 0 saturated carbocycles. The Labute approximate surface area is 102 Å². The van der Waals surface area contributed by atoms with Gasteiger partial charge in [0.1, 0.15) is 5.60 Å². The zero-order valence-corrected chi connectivity index (χ0v) is 10.7. The second kappa shape index (κ2) is 3.81. The van der Waals surface area contributed by atoms with Crippen molar-refractivity contribution in [3.05, 3.63) is 46.5 Å². The minimum atomic E-state index is -1.05. The lowest BCUT2D eigenvalue weighted by molar-refractivity contribution is 0.0897. The predicted molar refractivity (Wildman–Crippen MR) is 68.0 cm³/mol. The van der Waals surface area contributed by atoms with Crippen LogP contribution in [-0.4, -0.2) is 10.9 Å². The van der Waals surface area contributed by atoms with Gasteiger partial charge in [0.2, 0.25) is 0 Å². The van der Waals surface area contributed by atoms with Crippen molar-refractivity contribution in [3.8, 4) is 0 Å². The summed E-state index contributed by atoms with van der Waals surface area (Å²) in [6.07, 6.45) is 1.69. The fourth-order valence-electron chi connectivity index (χ4n) is 2.32. The second-order valence-electron chi connectivity index (χ2n) is 5.28. The minimum absolute atomic E-state index is 0.0465. The molecule has 0 radical (unpaired) electrons. The van der Waals surface area contributed by atoms with Gasteiger partial charge in [-0.3, -0.25) is 4.79 Å². The highest BCUT2D eigenvalue weighted by Crippen LogP contribution is 2.35. The van der Waals surface area contributed by atoms with Crippen LogP contribution in [-0.2, 0) is 5.60 Å². The van der Waals surface area contributed by atoms with Gasteiger partial charge in [-0.05, 0) is 37.5 Å². The summed E-state index contributed by atoms with van der Waals surface area (Å²) in [7, 11) is 0. The van der Waals surface area contributed by atoms with Crippen LogP contribution in [0.5, 0.6) is 0 Å². The van der Waals surface area contributed by atoms with Gasteiger partial charge in [-0.2, -0.15) is 0 Å². The Morgan fingerprint density at radius 1 is 1.29 bits per heavy atom. The zero-order chi connectivity index (χ0) is 12.8. The number of carbonyl (C=O) groups excluding carboxylic acids is 1. The Kier molecular flexibility index (Phi) is 2.70. The number of ketones is 1. The van der Waals surface area contributed by atoms with Gasteiger partial charge < -0.3 is 5.11 Å². The van der Waals surface area contributed by atoms with E-state index in [-0.39, 0.29) is 11.7 Å². The van der Waals surface area contributed by atoms with Crippen molar-refractivity contribution in [3.63, 3.8) is 0 Å². The Hall–Kier alpha value is -1.41. The van der Waals surface area contributed by atoms with Crippen LogP contribution in [0.2, 0.25) is 0 Å². The first-order chi connectivity index (χ1) is 7.83. The molecular weight excluding hydrogens is 212 g/mol. The number of aliphatic hydroxyl groups is 1. The van der Waals surface area contributed by atoms with Gasteiger partial charge in [0.25, 0.3) is 0 Å². The molecule has 0 saturated heterocycles. The Bertz CT molecular complexity index is 508. The molecule has 2 heteroatoms. The number of benzene rings is 1. The Balaban J connectivity index is 2.66. The highest BCUT2D eigenvalue weighted by Gasteiger charge is 2.34. The lowest BCUT2D eigenvalue weighted by atomic mass is 9.77. The van der Waals surface area contributed by atoms with Gasteiger partial charge in [0.05, 0.1) is 0 Å². The number of allylic oxidation sites excluding steroid dienone is 1. The summed E-state index contributed by atoms with van der Waals surface area (Å²) in [4.78, 5) is 12.3. The van der Waals surface area contributed by atoms with Crippen molar-refractivity contribution in [2.24, 2.45) is 5.92 Å². The third-order valence-corrected chi connectivity index (χ3v) is 3.29. The molecule has 0 amide bonds. The molecule has 0 spiro atoms. The molecule has 1 aliphatic rings. The van der Waals surface area contributed by atoms with Crippen molar-refractivity contribution in [2.45, 2.75) is 33.3 Å². The van der Waals surface area contributed by atoms with E-state index >= 15 is 0 Å². The summed E-state index contributed by atoms with van der Waals surface area (Å²) in [6.45, 7) is 7.63. The first-order valence-corrected chi connectivity index (χ1v) is 5.94. The van der Waals surface area contributed by atoms with Gasteiger partial charge >= 0.3 is 0 Å². The quantitative estimate of drug-likeness (QED) is 0.805. The number of rotatable bonds is 1. The fourth-order valence-corrected chi connectivity index (χ4v) is 2.32. The van der Waals surface area contributed by atoms with Crippen LogP contribution in [0.4, 0.5) is 0 Å². The highest BCUT2D eigenvalue weighted by molar-refractivity contribution is 6.11. The normalized spacial score (nSPS) is 23.6. The predicted octanol–water partition coefficient (Wildman–Crippen LogP) is 2.98. The summed E-state index contributed by atoms with van der Waals surface area (Å²) in [5.74, 6) is 0.174. The van der Waals surface area contributed by atoms with E-state index in [2.05, 4.69) is 0 Å². The van der Waals surface area contributed by atoms with E-state index in [9.17, 15) is 9.90 Å². The lowest BCUT2D eigenvalue weighted by Crippen LogP contribution is -2.29. The standard InChI is InChI=1S/C15H18O2/c1-9(2)12-8-15(4,17)13-6-5-10(3)7-11(13)14(12)16/h5-9,17H,1-4H3/t15-/m0/s1. The third kappa shape index (κ3) is 1.93. The van der Waals surface area contributed by atoms with Crippen molar-refractivity contribution in [1.29, 1.82) is 0 Å². The van der Waals surface area contributed by atoms with Crippen LogP contribution in [0.3, 0.4) is 0 Å². The van der Waals surface area contributed by atoms with Crippen molar-refractivity contribution in [2.75, 3.05) is 0 Å². The summed E-state index contributed by atoms with van der Waals surface area (Å²) in [5, 5.41) is 10.4. The zero-order valence-electron chi connectivity index (χ0n) is 10.7. The van der Waals surface area contributed by atoms with E-state index in [1.54, 1.807) is 13.0 Å². The number of hydrogen-bond donors (Lipinski definition) is 1. The van der Waals surface area contributed by atoms with E-state index in [0.717, 1.165) is 5.56 Å². The Morgan fingerprint density at radius 2 is 1.94 bits per heavy atom. The van der Waals surface area contributed by atoms with Crippen LogP contribution >= 0.6 is 0 Å². The summed E-state index contributed by atoms with van der Waals surface area (Å²) >= 11 is 0. The van der Waals surface area contributed by atoms with Crippen molar-refractivity contribution >= 4 is 5.78 Å². The molecule has 0 aromatic heterocycles.